The van der Waals surface area contributed by atoms with Crippen molar-refractivity contribution in [3.63, 3.8) is 0 Å². The molecule has 2 aliphatic rings. The zero-order chi connectivity index (χ0) is 15.1. The van der Waals surface area contributed by atoms with Crippen LogP contribution in [0.4, 0.5) is 0 Å². The molecular formula is C15H16O5S. The lowest BCUT2D eigenvalue weighted by Gasteiger charge is -2.31. The van der Waals surface area contributed by atoms with Crippen molar-refractivity contribution in [3.05, 3.63) is 35.9 Å². The molecule has 0 bridgehead atoms. The van der Waals surface area contributed by atoms with Crippen LogP contribution in [0.15, 0.2) is 35.2 Å². The molecule has 1 fully saturated rings. The van der Waals surface area contributed by atoms with E-state index < -0.39 is 15.4 Å². The molecule has 0 atom stereocenters. The first-order valence-corrected chi connectivity index (χ1v) is 8.63. The van der Waals surface area contributed by atoms with Gasteiger partial charge in [-0.05, 0) is 24.3 Å². The number of ether oxygens (including phenoxy) is 2. The summed E-state index contributed by atoms with van der Waals surface area (Å²) in [6.45, 7) is 1.03. The monoisotopic (exact) mass is 308 g/mol. The largest absolute Gasteiger partial charge is 0.478 e. The van der Waals surface area contributed by atoms with Gasteiger partial charge in [-0.3, -0.25) is 4.79 Å². The van der Waals surface area contributed by atoms with Gasteiger partial charge >= 0.3 is 0 Å². The highest BCUT2D eigenvalue weighted by atomic mass is 32.2. The Morgan fingerprint density at radius 3 is 2.29 bits per heavy atom. The third-order valence-corrected chi connectivity index (χ3v) is 5.01. The minimum atomic E-state index is -3.22. The third-order valence-electron chi connectivity index (χ3n) is 3.88. The van der Waals surface area contributed by atoms with Gasteiger partial charge in [0.25, 0.3) is 0 Å². The molecule has 1 saturated heterocycles. The van der Waals surface area contributed by atoms with Crippen molar-refractivity contribution in [3.8, 4) is 0 Å². The number of hydrogen-bond donors (Lipinski definition) is 0. The van der Waals surface area contributed by atoms with Gasteiger partial charge in [0.15, 0.2) is 15.4 Å². The molecule has 21 heavy (non-hydrogen) atoms. The van der Waals surface area contributed by atoms with Gasteiger partial charge in [-0.2, -0.15) is 0 Å². The number of rotatable bonds is 2. The fraction of sp³-hybridized carbons (Fsp3) is 0.400. The molecule has 0 aromatic heterocycles. The van der Waals surface area contributed by atoms with Gasteiger partial charge in [0.1, 0.15) is 5.76 Å². The Balaban J connectivity index is 1.85. The number of sulfone groups is 1. The zero-order valence-corrected chi connectivity index (χ0v) is 12.5. The second kappa shape index (κ2) is 4.96. The maximum atomic E-state index is 12.2. The Hall–Kier alpha value is -1.66. The Morgan fingerprint density at radius 2 is 1.71 bits per heavy atom. The standard InChI is InChI=1S/C15H16O5S/c1-21(17,18)12-4-2-11(3-5-12)13-10-14(16)15(20-13)6-8-19-9-7-15/h2-5,10H,6-9H2,1H3. The van der Waals surface area contributed by atoms with Crippen molar-refractivity contribution < 1.29 is 22.7 Å². The maximum absolute atomic E-state index is 12.2. The van der Waals surface area contributed by atoms with Gasteiger partial charge in [0.05, 0.1) is 18.1 Å². The molecule has 1 spiro atoms. The summed E-state index contributed by atoms with van der Waals surface area (Å²) in [6, 6.07) is 6.37. The molecular weight excluding hydrogens is 292 g/mol. The zero-order valence-electron chi connectivity index (χ0n) is 11.7. The lowest BCUT2D eigenvalue weighted by molar-refractivity contribution is -0.137. The van der Waals surface area contributed by atoms with Crippen molar-refractivity contribution in [2.75, 3.05) is 19.5 Å². The number of carbonyl (C=O) groups excluding carboxylic acids is 1. The minimum Gasteiger partial charge on any atom is -0.478 e. The summed E-state index contributed by atoms with van der Waals surface area (Å²) in [6.07, 6.45) is 3.76. The predicted molar refractivity (Wildman–Crippen MR) is 76.4 cm³/mol. The molecule has 0 saturated carbocycles. The van der Waals surface area contributed by atoms with Gasteiger partial charge in [-0.15, -0.1) is 0 Å². The van der Waals surface area contributed by atoms with Crippen LogP contribution in [0.3, 0.4) is 0 Å². The Kier molecular flexibility index (Phi) is 3.37. The van der Waals surface area contributed by atoms with Crippen molar-refractivity contribution in [1.82, 2.24) is 0 Å². The summed E-state index contributed by atoms with van der Waals surface area (Å²) < 4.78 is 34.1. The topological polar surface area (TPSA) is 69.7 Å². The summed E-state index contributed by atoms with van der Waals surface area (Å²) in [5, 5.41) is 0. The Bertz CT molecular complexity index is 694. The summed E-state index contributed by atoms with van der Waals surface area (Å²) >= 11 is 0. The molecule has 0 unspecified atom stereocenters. The van der Waals surface area contributed by atoms with Crippen LogP contribution in [0.25, 0.3) is 5.76 Å². The molecule has 112 valence electrons. The molecule has 5 nitrogen and oxygen atoms in total. The van der Waals surface area contributed by atoms with E-state index in [0.29, 0.717) is 37.4 Å². The molecule has 6 heteroatoms. The van der Waals surface area contributed by atoms with E-state index in [0.717, 1.165) is 6.26 Å². The summed E-state index contributed by atoms with van der Waals surface area (Å²) in [7, 11) is -3.22. The van der Waals surface area contributed by atoms with Crippen LogP contribution in [-0.4, -0.2) is 39.3 Å². The van der Waals surface area contributed by atoms with E-state index >= 15 is 0 Å². The predicted octanol–water partition coefficient (Wildman–Crippen LogP) is 1.58. The van der Waals surface area contributed by atoms with Crippen LogP contribution in [0, 0.1) is 0 Å². The average Bonchev–Trinajstić information content (AvgIpc) is 2.76. The highest BCUT2D eigenvalue weighted by Gasteiger charge is 2.45. The van der Waals surface area contributed by atoms with Crippen LogP contribution >= 0.6 is 0 Å². The second-order valence-electron chi connectivity index (χ2n) is 5.38. The minimum absolute atomic E-state index is 0.0343. The lowest BCUT2D eigenvalue weighted by atomic mass is 9.91. The van der Waals surface area contributed by atoms with Gasteiger partial charge in [0.2, 0.25) is 5.78 Å². The average molecular weight is 308 g/mol. The molecule has 3 rings (SSSR count). The molecule has 0 aliphatic carbocycles. The first-order valence-electron chi connectivity index (χ1n) is 6.74. The highest BCUT2D eigenvalue weighted by Crippen LogP contribution is 2.38. The van der Waals surface area contributed by atoms with E-state index in [1.807, 2.05) is 0 Å². The van der Waals surface area contributed by atoms with Crippen LogP contribution in [0.5, 0.6) is 0 Å². The number of ketones is 1. The van der Waals surface area contributed by atoms with Crippen molar-refractivity contribution in [2.24, 2.45) is 0 Å². The second-order valence-corrected chi connectivity index (χ2v) is 7.39. The lowest BCUT2D eigenvalue weighted by Crippen LogP contribution is -2.42. The SMILES string of the molecule is CS(=O)(=O)c1ccc(C2=CC(=O)C3(CCOCC3)O2)cc1. The van der Waals surface area contributed by atoms with Gasteiger partial charge < -0.3 is 9.47 Å². The van der Waals surface area contributed by atoms with Gasteiger partial charge in [-0.1, -0.05) is 0 Å². The van der Waals surface area contributed by atoms with Crippen molar-refractivity contribution in [1.29, 1.82) is 0 Å². The van der Waals surface area contributed by atoms with Crippen LogP contribution in [0.1, 0.15) is 18.4 Å². The fourth-order valence-corrected chi connectivity index (χ4v) is 3.23. The molecule has 2 aliphatic heterocycles. The Morgan fingerprint density at radius 1 is 1.10 bits per heavy atom. The number of hydrogen-bond acceptors (Lipinski definition) is 5. The summed E-state index contributed by atoms with van der Waals surface area (Å²) in [5.74, 6) is 0.468. The smallest absolute Gasteiger partial charge is 0.203 e. The van der Waals surface area contributed by atoms with E-state index in [4.69, 9.17) is 9.47 Å². The van der Waals surface area contributed by atoms with Crippen LogP contribution in [-0.2, 0) is 24.1 Å². The molecule has 0 radical (unpaired) electrons. The quantitative estimate of drug-likeness (QED) is 0.829. The van der Waals surface area contributed by atoms with E-state index in [1.54, 1.807) is 12.1 Å². The first kappa shape index (κ1) is 14.3. The number of carbonyl (C=O) groups is 1. The van der Waals surface area contributed by atoms with E-state index in [2.05, 4.69) is 0 Å². The van der Waals surface area contributed by atoms with Gasteiger partial charge in [0, 0.05) is 30.7 Å². The summed E-state index contributed by atoms with van der Waals surface area (Å²) in [5.41, 5.74) is -0.0811. The normalized spacial score (nSPS) is 21.2. The first-order chi connectivity index (χ1) is 9.91. The maximum Gasteiger partial charge on any atom is 0.203 e. The van der Waals surface area contributed by atoms with Crippen LogP contribution in [0.2, 0.25) is 0 Å². The number of benzene rings is 1. The molecule has 0 N–H and O–H groups in total. The molecule has 2 heterocycles. The highest BCUT2D eigenvalue weighted by molar-refractivity contribution is 7.90. The third kappa shape index (κ3) is 2.61. The van der Waals surface area contributed by atoms with E-state index in [9.17, 15) is 13.2 Å². The summed E-state index contributed by atoms with van der Waals surface area (Å²) in [4.78, 5) is 12.5. The fourth-order valence-electron chi connectivity index (χ4n) is 2.60. The molecule has 0 amide bonds. The van der Waals surface area contributed by atoms with Gasteiger partial charge in [-0.25, -0.2) is 8.42 Å². The van der Waals surface area contributed by atoms with Crippen molar-refractivity contribution in [2.45, 2.75) is 23.3 Å². The van der Waals surface area contributed by atoms with Crippen molar-refractivity contribution >= 4 is 21.4 Å². The van der Waals surface area contributed by atoms with E-state index in [1.165, 1.54) is 18.2 Å². The van der Waals surface area contributed by atoms with Crippen LogP contribution < -0.4 is 0 Å². The Labute approximate surface area is 123 Å². The van der Waals surface area contributed by atoms with E-state index in [-0.39, 0.29) is 10.7 Å². The molecule has 1 aromatic rings. The molecule has 1 aromatic carbocycles.